The highest BCUT2D eigenvalue weighted by Gasteiger charge is 2.19. The molecule has 0 radical (unpaired) electrons. The van der Waals surface area contributed by atoms with Gasteiger partial charge in [-0.05, 0) is 45.8 Å². The van der Waals surface area contributed by atoms with Gasteiger partial charge in [0.15, 0.2) is 17.5 Å². The van der Waals surface area contributed by atoms with Gasteiger partial charge in [0.05, 0.1) is 11.2 Å². The number of benzene rings is 8. The summed E-state index contributed by atoms with van der Waals surface area (Å²) in [5.41, 5.74) is 7.29. The Balaban J connectivity index is 1.15. The molecule has 5 nitrogen and oxygen atoms in total. The van der Waals surface area contributed by atoms with Crippen LogP contribution < -0.4 is 0 Å². The van der Waals surface area contributed by atoms with E-state index in [1.54, 1.807) is 0 Å². The van der Waals surface area contributed by atoms with Crippen LogP contribution in [0.1, 0.15) is 0 Å². The number of rotatable bonds is 4. The predicted octanol–water partition coefficient (Wildman–Crippen LogP) is 12.4. The fourth-order valence-electron chi connectivity index (χ4n) is 7.83. The van der Waals surface area contributed by atoms with Gasteiger partial charge >= 0.3 is 0 Å². The SMILES string of the molecule is c1cc(-c2nc(-c3cccc4ccccc34)nc(-c3cccc4ccccc34)n2)cc(-c2nc3ccccc3c3c2ccc2c4ccccc4oc23)c1. The molecule has 0 N–H and O–H groups in total. The van der Waals surface area contributed by atoms with Crippen LogP contribution in [0.15, 0.2) is 174 Å². The number of pyridine rings is 1. The predicted molar refractivity (Wildman–Crippen MR) is 217 cm³/mol. The van der Waals surface area contributed by atoms with Gasteiger partial charge in [0.2, 0.25) is 0 Å². The third-order valence-electron chi connectivity index (χ3n) is 10.3. The quantitative estimate of drug-likeness (QED) is 0.174. The van der Waals surface area contributed by atoms with E-state index in [-0.39, 0.29) is 0 Å². The first kappa shape index (κ1) is 29.5. The van der Waals surface area contributed by atoms with Gasteiger partial charge in [0.1, 0.15) is 11.2 Å². The molecule has 3 aromatic heterocycles. The second kappa shape index (κ2) is 11.7. The Labute approximate surface area is 303 Å². The Morgan fingerprint density at radius 3 is 1.64 bits per heavy atom. The number of hydrogen-bond donors (Lipinski definition) is 0. The van der Waals surface area contributed by atoms with Gasteiger partial charge in [-0.3, -0.25) is 0 Å². The smallest absolute Gasteiger partial charge is 0.164 e. The molecule has 53 heavy (non-hydrogen) atoms. The highest BCUT2D eigenvalue weighted by Crippen LogP contribution is 2.41. The summed E-state index contributed by atoms with van der Waals surface area (Å²) < 4.78 is 6.57. The summed E-state index contributed by atoms with van der Waals surface area (Å²) in [5, 5.41) is 9.79. The summed E-state index contributed by atoms with van der Waals surface area (Å²) in [6.07, 6.45) is 0. The van der Waals surface area contributed by atoms with Gasteiger partial charge in [-0.1, -0.05) is 146 Å². The minimum Gasteiger partial charge on any atom is -0.455 e. The number of nitrogens with zero attached hydrogens (tertiary/aromatic N) is 4. The zero-order valence-electron chi connectivity index (χ0n) is 28.4. The Bertz CT molecular complexity index is 3150. The van der Waals surface area contributed by atoms with Gasteiger partial charge in [-0.2, -0.15) is 0 Å². The third kappa shape index (κ3) is 4.71. The molecule has 11 rings (SSSR count). The topological polar surface area (TPSA) is 64.7 Å². The van der Waals surface area contributed by atoms with Crippen LogP contribution in [0.4, 0.5) is 0 Å². The van der Waals surface area contributed by atoms with Crippen molar-refractivity contribution >= 4 is 65.2 Å². The average Bonchev–Trinajstić information content (AvgIpc) is 3.62. The molecule has 0 saturated heterocycles. The molecule has 0 fully saturated rings. The molecular weight excluding hydrogens is 649 g/mol. The minimum atomic E-state index is 0.595. The molecule has 0 amide bonds. The molecule has 3 heterocycles. The number of aromatic nitrogens is 4. The molecule has 0 atom stereocenters. The maximum atomic E-state index is 6.57. The van der Waals surface area contributed by atoms with Crippen molar-refractivity contribution in [2.24, 2.45) is 0 Å². The molecule has 5 heteroatoms. The van der Waals surface area contributed by atoms with Crippen LogP contribution in [0.3, 0.4) is 0 Å². The average molecular weight is 677 g/mol. The summed E-state index contributed by atoms with van der Waals surface area (Å²) >= 11 is 0. The normalized spacial score (nSPS) is 11.8. The first-order valence-corrected chi connectivity index (χ1v) is 17.7. The molecule has 11 aromatic rings. The molecule has 8 aromatic carbocycles. The lowest BCUT2D eigenvalue weighted by molar-refractivity contribution is 0.673. The molecule has 0 spiro atoms. The highest BCUT2D eigenvalue weighted by atomic mass is 16.3. The molecule has 0 unspecified atom stereocenters. The molecular formula is C48H28N4O. The lowest BCUT2D eigenvalue weighted by Crippen LogP contribution is -2.01. The fraction of sp³-hybridized carbons (Fsp3) is 0. The molecule has 0 bridgehead atoms. The summed E-state index contributed by atoms with van der Waals surface area (Å²) in [6.45, 7) is 0. The van der Waals surface area contributed by atoms with Crippen LogP contribution >= 0.6 is 0 Å². The summed E-state index contributed by atoms with van der Waals surface area (Å²) in [4.78, 5) is 20.8. The summed E-state index contributed by atoms with van der Waals surface area (Å²) in [7, 11) is 0. The van der Waals surface area contributed by atoms with E-state index in [2.05, 4.69) is 152 Å². The van der Waals surface area contributed by atoms with Crippen LogP contribution in [-0.4, -0.2) is 19.9 Å². The van der Waals surface area contributed by atoms with E-state index in [9.17, 15) is 0 Å². The van der Waals surface area contributed by atoms with Crippen molar-refractivity contribution < 1.29 is 4.42 Å². The fourth-order valence-corrected chi connectivity index (χ4v) is 7.83. The van der Waals surface area contributed by atoms with Gasteiger partial charge in [0.25, 0.3) is 0 Å². The Morgan fingerprint density at radius 1 is 0.358 bits per heavy atom. The number of hydrogen-bond acceptors (Lipinski definition) is 5. The molecule has 246 valence electrons. The van der Waals surface area contributed by atoms with Gasteiger partial charge < -0.3 is 4.42 Å². The summed E-state index contributed by atoms with van der Waals surface area (Å²) in [6, 6.07) is 58.5. The lowest BCUT2D eigenvalue weighted by Gasteiger charge is -2.13. The van der Waals surface area contributed by atoms with Crippen LogP contribution in [0.25, 0.3) is 111 Å². The zero-order valence-corrected chi connectivity index (χ0v) is 28.4. The van der Waals surface area contributed by atoms with Crippen LogP contribution in [0.2, 0.25) is 0 Å². The highest BCUT2D eigenvalue weighted by molar-refractivity contribution is 6.24. The van der Waals surface area contributed by atoms with Gasteiger partial charge in [0, 0.05) is 49.2 Å². The van der Waals surface area contributed by atoms with Crippen LogP contribution in [-0.2, 0) is 0 Å². The molecule has 0 saturated carbocycles. The minimum absolute atomic E-state index is 0.595. The standard InChI is InChI=1S/C48H28N4O/c1-3-18-33-29(12-1)14-10-22-37(33)47-50-46(51-48(52-47)38-23-11-15-30-13-2-4-19-34(30)38)32-17-9-16-31(28-32)44-40-27-26-36-35-20-6-8-25-42(35)53-45(36)43(40)39-21-5-7-24-41(39)49-44/h1-28H. The monoisotopic (exact) mass is 676 g/mol. The van der Waals surface area contributed by atoms with Crippen molar-refractivity contribution in [3.8, 4) is 45.4 Å². The molecule has 0 aliphatic heterocycles. The van der Waals surface area contributed by atoms with Gasteiger partial charge in [-0.25, -0.2) is 19.9 Å². The van der Waals surface area contributed by atoms with Crippen molar-refractivity contribution in [2.45, 2.75) is 0 Å². The maximum absolute atomic E-state index is 6.57. The Morgan fingerprint density at radius 2 is 0.906 bits per heavy atom. The number of furan rings is 1. The Kier molecular flexibility index (Phi) is 6.48. The largest absolute Gasteiger partial charge is 0.455 e. The van der Waals surface area contributed by atoms with E-state index in [0.29, 0.717) is 17.5 Å². The third-order valence-corrected chi connectivity index (χ3v) is 10.3. The lowest BCUT2D eigenvalue weighted by atomic mass is 9.97. The Hall–Kier alpha value is -7.24. The van der Waals surface area contributed by atoms with Crippen molar-refractivity contribution in [1.29, 1.82) is 0 Å². The molecule has 0 aliphatic rings. The van der Waals surface area contributed by atoms with Crippen molar-refractivity contribution in [3.63, 3.8) is 0 Å². The molecule has 0 aliphatic carbocycles. The number of fused-ring (bicyclic) bond motifs is 9. The van der Waals surface area contributed by atoms with Crippen molar-refractivity contribution in [3.05, 3.63) is 170 Å². The van der Waals surface area contributed by atoms with Gasteiger partial charge in [-0.15, -0.1) is 0 Å². The number of para-hydroxylation sites is 2. The van der Waals surface area contributed by atoms with E-state index in [0.717, 1.165) is 93.1 Å². The van der Waals surface area contributed by atoms with E-state index >= 15 is 0 Å². The maximum Gasteiger partial charge on any atom is 0.164 e. The summed E-state index contributed by atoms with van der Waals surface area (Å²) in [5.74, 6) is 1.85. The first-order chi connectivity index (χ1) is 26.3. The first-order valence-electron chi connectivity index (χ1n) is 17.7. The zero-order chi connectivity index (χ0) is 34.9. The van der Waals surface area contributed by atoms with Crippen molar-refractivity contribution in [1.82, 2.24) is 19.9 Å². The van der Waals surface area contributed by atoms with E-state index in [1.165, 1.54) is 0 Å². The van der Waals surface area contributed by atoms with Crippen LogP contribution in [0, 0.1) is 0 Å². The van der Waals surface area contributed by atoms with E-state index < -0.39 is 0 Å². The second-order valence-corrected chi connectivity index (χ2v) is 13.4. The van der Waals surface area contributed by atoms with Crippen LogP contribution in [0.5, 0.6) is 0 Å². The van der Waals surface area contributed by atoms with E-state index in [4.69, 9.17) is 24.4 Å². The van der Waals surface area contributed by atoms with Crippen molar-refractivity contribution in [2.75, 3.05) is 0 Å². The van der Waals surface area contributed by atoms with E-state index in [1.807, 2.05) is 18.2 Å². The second-order valence-electron chi connectivity index (χ2n) is 13.4.